The predicted octanol–water partition coefficient (Wildman–Crippen LogP) is 6.47. The summed E-state index contributed by atoms with van der Waals surface area (Å²) < 4.78 is 20.0. The number of hydrogen-bond donors (Lipinski definition) is 1. The van der Waals surface area contributed by atoms with Gasteiger partial charge in [0.1, 0.15) is 5.82 Å². The zero-order valence-corrected chi connectivity index (χ0v) is 24.5. The van der Waals surface area contributed by atoms with Crippen LogP contribution in [0.25, 0.3) is 0 Å². The van der Waals surface area contributed by atoms with Crippen molar-refractivity contribution in [2.45, 2.75) is 97.9 Å². The van der Waals surface area contributed by atoms with Crippen molar-refractivity contribution in [1.82, 2.24) is 4.90 Å². The van der Waals surface area contributed by atoms with Crippen LogP contribution in [0.4, 0.5) is 10.1 Å². The Morgan fingerprint density at radius 2 is 1.70 bits per heavy atom. The lowest BCUT2D eigenvalue weighted by Crippen LogP contribution is -2.34. The SMILES string of the molecule is Cc1c2c(c(C)c(N(C)C(=O)CC3CCCCC3)c1[C@H](OC(C)(C)C)C(=O)O)CN(C(=O)c1cccc(F)c1)C2. The first-order valence-electron chi connectivity index (χ1n) is 14.1. The minimum Gasteiger partial charge on any atom is -0.479 e. The van der Waals surface area contributed by atoms with Gasteiger partial charge in [-0.1, -0.05) is 25.3 Å². The van der Waals surface area contributed by atoms with E-state index in [1.165, 1.54) is 24.6 Å². The standard InChI is InChI=1S/C32H41FN2O5/c1-19-24-17-35(30(37)22-13-10-14-23(33)16-22)18-25(24)20(2)28(27(19)29(31(38)39)40-32(3,4)5)34(6)26(36)15-21-11-8-7-9-12-21/h10,13-14,16,21,29H,7-9,11-12,15,17-18H2,1-6H3,(H,38,39)/t29-/m0/s1. The Hall–Kier alpha value is -3.26. The van der Waals surface area contributed by atoms with E-state index < -0.39 is 23.5 Å². The number of carboxylic acid groups (broad SMARTS) is 1. The smallest absolute Gasteiger partial charge is 0.337 e. The molecule has 0 radical (unpaired) electrons. The Kier molecular flexibility index (Phi) is 8.69. The number of benzene rings is 2. The fourth-order valence-corrected chi connectivity index (χ4v) is 6.19. The molecule has 1 aliphatic heterocycles. The molecule has 1 atom stereocenters. The third-order valence-electron chi connectivity index (χ3n) is 8.20. The molecule has 2 amide bonds. The summed E-state index contributed by atoms with van der Waals surface area (Å²) in [6.45, 7) is 9.67. The number of carbonyl (C=O) groups excluding carboxylic acids is 2. The highest BCUT2D eigenvalue weighted by molar-refractivity contribution is 5.97. The lowest BCUT2D eigenvalue weighted by molar-refractivity contribution is -0.160. The van der Waals surface area contributed by atoms with Crippen LogP contribution in [0.2, 0.25) is 0 Å². The van der Waals surface area contributed by atoms with Gasteiger partial charge in [0.15, 0.2) is 6.10 Å². The van der Waals surface area contributed by atoms with Crippen LogP contribution in [0.1, 0.15) is 104 Å². The van der Waals surface area contributed by atoms with E-state index >= 15 is 0 Å². The lowest BCUT2D eigenvalue weighted by atomic mass is 9.86. The molecule has 0 spiro atoms. The maximum atomic E-state index is 13.9. The second kappa shape index (κ2) is 11.7. The number of nitrogens with zero attached hydrogens (tertiary/aromatic N) is 2. The van der Waals surface area contributed by atoms with Crippen molar-refractivity contribution in [3.05, 3.63) is 63.5 Å². The van der Waals surface area contributed by atoms with E-state index in [9.17, 15) is 23.9 Å². The second-order valence-corrected chi connectivity index (χ2v) is 12.3. The van der Waals surface area contributed by atoms with E-state index in [0.29, 0.717) is 29.2 Å². The Morgan fingerprint density at radius 1 is 1.07 bits per heavy atom. The van der Waals surface area contributed by atoms with E-state index in [0.717, 1.165) is 42.4 Å². The average molecular weight is 553 g/mol. The molecule has 2 aliphatic rings. The van der Waals surface area contributed by atoms with Crippen molar-refractivity contribution in [2.75, 3.05) is 11.9 Å². The fourth-order valence-electron chi connectivity index (χ4n) is 6.19. The van der Waals surface area contributed by atoms with Gasteiger partial charge in [0, 0.05) is 37.7 Å². The van der Waals surface area contributed by atoms with Gasteiger partial charge in [0.2, 0.25) is 5.91 Å². The zero-order chi connectivity index (χ0) is 29.4. The maximum absolute atomic E-state index is 13.9. The Bertz CT molecular complexity index is 1310. The van der Waals surface area contributed by atoms with Gasteiger partial charge in [-0.2, -0.15) is 0 Å². The van der Waals surface area contributed by atoms with Gasteiger partial charge >= 0.3 is 5.97 Å². The zero-order valence-electron chi connectivity index (χ0n) is 24.5. The fraction of sp³-hybridized carbons (Fsp3) is 0.531. The number of carbonyl (C=O) groups is 3. The third-order valence-corrected chi connectivity index (χ3v) is 8.20. The van der Waals surface area contributed by atoms with Crippen molar-refractivity contribution < 1.29 is 28.6 Å². The van der Waals surface area contributed by atoms with E-state index in [-0.39, 0.29) is 30.5 Å². The summed E-state index contributed by atoms with van der Waals surface area (Å²) >= 11 is 0. The normalized spacial score (nSPS) is 16.5. The summed E-state index contributed by atoms with van der Waals surface area (Å²) in [5.74, 6) is -1.66. The van der Waals surface area contributed by atoms with Gasteiger partial charge in [-0.15, -0.1) is 0 Å². The quantitative estimate of drug-likeness (QED) is 0.425. The summed E-state index contributed by atoms with van der Waals surface area (Å²) in [4.78, 5) is 42.9. The molecule has 4 rings (SSSR count). The highest BCUT2D eigenvalue weighted by Crippen LogP contribution is 2.44. The number of ether oxygens (including phenoxy) is 1. The molecule has 1 N–H and O–H groups in total. The molecule has 2 aromatic carbocycles. The number of anilines is 1. The molecule has 40 heavy (non-hydrogen) atoms. The highest BCUT2D eigenvalue weighted by atomic mass is 19.1. The summed E-state index contributed by atoms with van der Waals surface area (Å²) in [6.07, 6.45) is 4.60. The molecule has 2 aromatic rings. The molecular formula is C32H41FN2O5. The molecule has 216 valence electrons. The number of rotatable bonds is 7. The number of halogens is 1. The number of amides is 2. The molecule has 0 aromatic heterocycles. The Labute approximate surface area is 236 Å². The number of aliphatic carboxylic acids is 1. The second-order valence-electron chi connectivity index (χ2n) is 12.3. The number of carboxylic acids is 1. The van der Waals surface area contributed by atoms with Crippen LogP contribution in [-0.2, 0) is 27.4 Å². The summed E-state index contributed by atoms with van der Waals surface area (Å²) in [6, 6.07) is 5.61. The van der Waals surface area contributed by atoms with Gasteiger partial charge in [-0.3, -0.25) is 9.59 Å². The van der Waals surface area contributed by atoms with Crippen LogP contribution >= 0.6 is 0 Å². The van der Waals surface area contributed by atoms with Crippen LogP contribution in [0.5, 0.6) is 0 Å². The van der Waals surface area contributed by atoms with E-state index in [4.69, 9.17) is 4.74 Å². The van der Waals surface area contributed by atoms with Crippen LogP contribution in [0.3, 0.4) is 0 Å². The summed E-state index contributed by atoms with van der Waals surface area (Å²) in [7, 11) is 1.71. The molecule has 1 fully saturated rings. The first kappa shape index (κ1) is 29.7. The average Bonchev–Trinajstić information content (AvgIpc) is 3.35. The topological polar surface area (TPSA) is 87.2 Å². The summed E-state index contributed by atoms with van der Waals surface area (Å²) in [5.41, 5.74) is 3.66. The lowest BCUT2D eigenvalue weighted by Gasteiger charge is -2.33. The van der Waals surface area contributed by atoms with Crippen LogP contribution < -0.4 is 4.90 Å². The monoisotopic (exact) mass is 552 g/mol. The van der Waals surface area contributed by atoms with E-state index in [2.05, 4.69) is 0 Å². The van der Waals surface area contributed by atoms with Crippen molar-refractivity contribution >= 4 is 23.5 Å². The minimum atomic E-state index is -1.31. The largest absolute Gasteiger partial charge is 0.479 e. The predicted molar refractivity (Wildman–Crippen MR) is 152 cm³/mol. The molecule has 1 aliphatic carbocycles. The highest BCUT2D eigenvalue weighted by Gasteiger charge is 2.38. The van der Waals surface area contributed by atoms with Crippen LogP contribution in [-0.4, -0.2) is 40.4 Å². The van der Waals surface area contributed by atoms with Gasteiger partial charge in [0.25, 0.3) is 5.91 Å². The van der Waals surface area contributed by atoms with Crippen molar-refractivity contribution in [1.29, 1.82) is 0 Å². The van der Waals surface area contributed by atoms with E-state index in [1.54, 1.807) is 43.7 Å². The molecule has 0 bridgehead atoms. The Balaban J connectivity index is 1.79. The molecule has 8 heteroatoms. The third kappa shape index (κ3) is 6.22. The van der Waals surface area contributed by atoms with Gasteiger partial charge in [0.05, 0.1) is 11.3 Å². The molecule has 7 nitrogen and oxygen atoms in total. The van der Waals surface area contributed by atoms with Gasteiger partial charge in [-0.05, 0) is 93.8 Å². The number of fused-ring (bicyclic) bond motifs is 1. The maximum Gasteiger partial charge on any atom is 0.337 e. The van der Waals surface area contributed by atoms with Crippen LogP contribution in [0, 0.1) is 25.6 Å². The molecule has 0 unspecified atom stereocenters. The Morgan fingerprint density at radius 3 is 2.27 bits per heavy atom. The number of hydrogen-bond acceptors (Lipinski definition) is 4. The first-order valence-corrected chi connectivity index (χ1v) is 14.1. The summed E-state index contributed by atoms with van der Waals surface area (Å²) in [5, 5.41) is 10.3. The van der Waals surface area contributed by atoms with Crippen molar-refractivity contribution in [3.63, 3.8) is 0 Å². The van der Waals surface area contributed by atoms with Crippen LogP contribution in [0.15, 0.2) is 24.3 Å². The molecule has 1 saturated carbocycles. The minimum absolute atomic E-state index is 0.0545. The van der Waals surface area contributed by atoms with Gasteiger partial charge < -0.3 is 19.6 Å². The molecular weight excluding hydrogens is 511 g/mol. The molecule has 1 heterocycles. The van der Waals surface area contributed by atoms with E-state index in [1.807, 2.05) is 13.8 Å². The van der Waals surface area contributed by atoms with Crippen molar-refractivity contribution in [3.8, 4) is 0 Å². The van der Waals surface area contributed by atoms with Crippen molar-refractivity contribution in [2.24, 2.45) is 5.92 Å². The molecule has 0 saturated heterocycles. The first-order chi connectivity index (χ1) is 18.8. The van der Waals surface area contributed by atoms with Gasteiger partial charge in [-0.25, -0.2) is 9.18 Å².